The summed E-state index contributed by atoms with van der Waals surface area (Å²) in [5, 5.41) is 13.8. The number of ketones is 1. The molecule has 0 bridgehead atoms. The summed E-state index contributed by atoms with van der Waals surface area (Å²) in [6.07, 6.45) is 1.30. The van der Waals surface area contributed by atoms with Gasteiger partial charge in [-0.05, 0) is 69.9 Å². The van der Waals surface area contributed by atoms with Crippen LogP contribution in [0.2, 0.25) is 0 Å². The molecule has 10 atom stereocenters. The van der Waals surface area contributed by atoms with Crippen molar-refractivity contribution in [2.24, 2.45) is 35.5 Å². The van der Waals surface area contributed by atoms with Gasteiger partial charge in [0.05, 0.1) is 36.8 Å². The quantitative estimate of drug-likeness (QED) is 0.151. The zero-order valence-electron chi connectivity index (χ0n) is 35.5. The topological polar surface area (TPSA) is 119 Å². The lowest BCUT2D eigenvalue weighted by atomic mass is 9.83. The molecule has 0 radical (unpaired) electrons. The molecular weight excluding hydrogens is 668 g/mol. The number of methoxy groups -OCH3 is 1. The summed E-state index contributed by atoms with van der Waals surface area (Å²) in [6, 6.07) is 8.23. The van der Waals surface area contributed by atoms with Gasteiger partial charge in [0.15, 0.2) is 5.78 Å². The lowest BCUT2D eigenvalue weighted by molar-refractivity contribution is -0.148. The number of hydrogen-bond acceptors (Lipinski definition) is 7. The molecule has 1 aliphatic rings. The molecule has 1 unspecified atom stereocenters. The van der Waals surface area contributed by atoms with Crippen molar-refractivity contribution in [1.29, 1.82) is 0 Å². The second-order valence-corrected chi connectivity index (χ2v) is 16.9. The Morgan fingerprint density at radius 2 is 1.53 bits per heavy atom. The lowest BCUT2D eigenvalue weighted by Crippen LogP contribution is -2.54. The van der Waals surface area contributed by atoms with Crippen LogP contribution in [0.4, 0.5) is 0 Å². The molecule has 1 aliphatic heterocycles. The van der Waals surface area contributed by atoms with Gasteiger partial charge in [-0.2, -0.15) is 0 Å². The molecule has 2 N–H and O–H groups in total. The summed E-state index contributed by atoms with van der Waals surface area (Å²) >= 11 is 0. The van der Waals surface area contributed by atoms with Crippen LogP contribution in [-0.4, -0.2) is 107 Å². The molecule has 53 heavy (non-hydrogen) atoms. The van der Waals surface area contributed by atoms with Crippen molar-refractivity contribution < 1.29 is 29.0 Å². The van der Waals surface area contributed by atoms with Gasteiger partial charge >= 0.3 is 0 Å². The van der Waals surface area contributed by atoms with E-state index in [1.165, 1.54) is 0 Å². The molecule has 1 heterocycles. The molecular formula is C43H74N4O6. The van der Waals surface area contributed by atoms with Gasteiger partial charge in [0.2, 0.25) is 17.7 Å². The number of benzene rings is 1. The number of carbonyl (C=O) groups excluding carboxylic acids is 4. The molecule has 1 saturated heterocycles. The predicted octanol–water partition coefficient (Wildman–Crippen LogP) is 6.36. The summed E-state index contributed by atoms with van der Waals surface area (Å²) in [4.78, 5) is 61.5. The summed E-state index contributed by atoms with van der Waals surface area (Å²) in [5.41, 5.74) is 0.742. The molecule has 0 aromatic heterocycles. The fourth-order valence-corrected chi connectivity index (χ4v) is 8.21. The van der Waals surface area contributed by atoms with E-state index in [0.717, 1.165) is 24.8 Å². The minimum atomic E-state index is -0.832. The highest BCUT2D eigenvalue weighted by Crippen LogP contribution is 2.32. The Morgan fingerprint density at radius 3 is 2.04 bits per heavy atom. The maximum atomic E-state index is 14.4. The van der Waals surface area contributed by atoms with Crippen molar-refractivity contribution in [2.75, 3.05) is 27.7 Å². The number of aliphatic hydroxyl groups is 1. The standard InChI is InChI=1S/C43H74N4O6/c1-15-29(8)40(46(13)43(52)34(26(2)3)24-36(48)39(27(4)5)45(12)28(6)7)37(53-14)25-38(49)47-23-19-22-35(47)30(9)31(10)42(51)44-32(11)41(50)33-20-17-16-18-21-33/h16-18,20-21,26-32,34-35,37,39-41,50H,15,19,22-25H2,1-14H3,(H,44,51)/t29-,30+,31+,32+,34-,35-,37+,39-,40?,41+/m0/s1. The number of likely N-dealkylation sites (tertiary alicyclic amines) is 1. The van der Waals surface area contributed by atoms with Crippen LogP contribution >= 0.6 is 0 Å². The van der Waals surface area contributed by atoms with E-state index in [1.54, 1.807) is 26.0 Å². The van der Waals surface area contributed by atoms with E-state index in [0.29, 0.717) is 6.54 Å². The van der Waals surface area contributed by atoms with Crippen molar-refractivity contribution in [1.82, 2.24) is 20.0 Å². The minimum Gasteiger partial charge on any atom is -0.386 e. The van der Waals surface area contributed by atoms with Gasteiger partial charge in [0.25, 0.3) is 0 Å². The van der Waals surface area contributed by atoms with Gasteiger partial charge in [-0.25, -0.2) is 0 Å². The first-order valence-electron chi connectivity index (χ1n) is 20.2. The number of likely N-dealkylation sites (N-methyl/N-ethyl adjacent to an activating group) is 2. The van der Waals surface area contributed by atoms with E-state index in [-0.39, 0.29) is 90.1 Å². The number of hydrogen-bond donors (Lipinski definition) is 2. The zero-order valence-corrected chi connectivity index (χ0v) is 35.5. The van der Waals surface area contributed by atoms with Crippen LogP contribution in [0.1, 0.15) is 120 Å². The average molecular weight is 743 g/mol. The van der Waals surface area contributed by atoms with Crippen molar-refractivity contribution in [2.45, 2.75) is 151 Å². The van der Waals surface area contributed by atoms with Crippen LogP contribution < -0.4 is 5.32 Å². The normalized spacial score (nSPS) is 20.1. The van der Waals surface area contributed by atoms with Crippen molar-refractivity contribution in [3.05, 3.63) is 35.9 Å². The van der Waals surface area contributed by atoms with Crippen molar-refractivity contribution in [3.8, 4) is 0 Å². The molecule has 10 heteroatoms. The van der Waals surface area contributed by atoms with Gasteiger partial charge in [-0.15, -0.1) is 0 Å². The fraction of sp³-hybridized carbons (Fsp3) is 0.767. The summed E-state index contributed by atoms with van der Waals surface area (Å²) in [7, 11) is 5.38. The van der Waals surface area contributed by atoms with E-state index < -0.39 is 24.2 Å². The molecule has 302 valence electrons. The summed E-state index contributed by atoms with van der Waals surface area (Å²) < 4.78 is 6.07. The molecule has 10 nitrogen and oxygen atoms in total. The number of amides is 3. The number of Topliss-reactive ketones (excluding diaryl/α,β-unsaturated/α-hetero) is 1. The number of carbonyl (C=O) groups is 4. The van der Waals surface area contributed by atoms with Crippen LogP contribution in [0.15, 0.2) is 30.3 Å². The third kappa shape index (κ3) is 12.1. The Bertz CT molecular complexity index is 1300. The molecule has 1 aromatic rings. The predicted molar refractivity (Wildman–Crippen MR) is 213 cm³/mol. The maximum absolute atomic E-state index is 14.4. The largest absolute Gasteiger partial charge is 0.386 e. The van der Waals surface area contributed by atoms with Crippen LogP contribution in [0.5, 0.6) is 0 Å². The highest BCUT2D eigenvalue weighted by atomic mass is 16.5. The monoisotopic (exact) mass is 743 g/mol. The molecule has 3 amide bonds. The van der Waals surface area contributed by atoms with Crippen LogP contribution in [0, 0.1) is 35.5 Å². The van der Waals surface area contributed by atoms with E-state index in [4.69, 9.17) is 4.74 Å². The minimum absolute atomic E-state index is 0.0333. The molecule has 0 aliphatic carbocycles. The number of nitrogens with one attached hydrogen (secondary N) is 1. The summed E-state index contributed by atoms with van der Waals surface area (Å²) in [5.74, 6) is -1.14. The highest BCUT2D eigenvalue weighted by molar-refractivity contribution is 5.90. The first kappa shape index (κ1) is 46.3. The van der Waals surface area contributed by atoms with Gasteiger partial charge in [0.1, 0.15) is 0 Å². The fourth-order valence-electron chi connectivity index (χ4n) is 8.21. The SMILES string of the molecule is CC[C@H](C)C([C@@H](CC(=O)N1CCC[C@H]1[C@H](C)[C@@H](C)C(=O)N[C@H](C)[C@@H](O)c1ccccc1)OC)N(C)C(=O)[C@@H](CC(=O)[C@H](C(C)C)N(C)C(C)C)C(C)C. The van der Waals surface area contributed by atoms with E-state index in [1.807, 2.05) is 70.0 Å². The van der Waals surface area contributed by atoms with E-state index >= 15 is 0 Å². The number of rotatable bonds is 21. The van der Waals surface area contributed by atoms with Crippen LogP contribution in [0.3, 0.4) is 0 Å². The van der Waals surface area contributed by atoms with Crippen LogP contribution in [-0.2, 0) is 23.9 Å². The smallest absolute Gasteiger partial charge is 0.226 e. The number of nitrogens with zero attached hydrogens (tertiary/aromatic N) is 3. The van der Waals surface area contributed by atoms with E-state index in [2.05, 4.69) is 51.8 Å². The van der Waals surface area contributed by atoms with Gasteiger partial charge in [-0.3, -0.25) is 24.1 Å². The Hall–Kier alpha value is -2.82. The first-order valence-corrected chi connectivity index (χ1v) is 20.2. The Kier molecular flexibility index (Phi) is 18.6. The van der Waals surface area contributed by atoms with Gasteiger partial charge in [0, 0.05) is 51.0 Å². The third-order valence-corrected chi connectivity index (χ3v) is 12.3. The molecule has 0 spiro atoms. The Morgan fingerprint density at radius 1 is 0.925 bits per heavy atom. The van der Waals surface area contributed by atoms with Crippen molar-refractivity contribution in [3.63, 3.8) is 0 Å². The molecule has 1 aromatic carbocycles. The number of aliphatic hydroxyl groups excluding tert-OH is 1. The third-order valence-electron chi connectivity index (χ3n) is 12.3. The van der Waals surface area contributed by atoms with Crippen LogP contribution in [0.25, 0.3) is 0 Å². The average Bonchev–Trinajstić information content (AvgIpc) is 3.62. The van der Waals surface area contributed by atoms with Gasteiger partial charge in [-0.1, -0.05) is 92.1 Å². The summed E-state index contributed by atoms with van der Waals surface area (Å²) in [6.45, 7) is 22.7. The second kappa shape index (κ2) is 21.3. The lowest BCUT2D eigenvalue weighted by Gasteiger charge is -2.41. The zero-order chi connectivity index (χ0) is 40.3. The first-order chi connectivity index (χ1) is 24.8. The molecule has 0 saturated carbocycles. The Balaban J connectivity index is 2.23. The maximum Gasteiger partial charge on any atom is 0.226 e. The molecule has 2 rings (SSSR count). The highest BCUT2D eigenvalue weighted by Gasteiger charge is 2.42. The van der Waals surface area contributed by atoms with Crippen molar-refractivity contribution >= 4 is 23.5 Å². The number of ether oxygens (including phenoxy) is 1. The molecule has 1 fully saturated rings. The van der Waals surface area contributed by atoms with E-state index in [9.17, 15) is 24.3 Å². The van der Waals surface area contributed by atoms with Gasteiger partial charge < -0.3 is 25.0 Å². The second-order valence-electron chi connectivity index (χ2n) is 16.9. The Labute approximate surface area is 321 Å².